The molecule has 0 spiro atoms. The first-order valence-corrected chi connectivity index (χ1v) is 9.88. The lowest BCUT2D eigenvalue weighted by Crippen LogP contribution is -2.46. The summed E-state index contributed by atoms with van der Waals surface area (Å²) in [6.07, 6.45) is 1.53. The van der Waals surface area contributed by atoms with Gasteiger partial charge in [-0.05, 0) is 37.6 Å². The molecule has 27 heavy (non-hydrogen) atoms. The van der Waals surface area contributed by atoms with Gasteiger partial charge < -0.3 is 15.0 Å². The van der Waals surface area contributed by atoms with E-state index in [1.807, 2.05) is 6.92 Å². The first kappa shape index (κ1) is 19.4. The smallest absolute Gasteiger partial charge is 0.330 e. The quantitative estimate of drug-likeness (QED) is 0.591. The second kappa shape index (κ2) is 7.72. The first-order valence-electron chi connectivity index (χ1n) is 8.90. The number of rotatable bonds is 6. The van der Waals surface area contributed by atoms with E-state index in [-0.39, 0.29) is 29.1 Å². The average Bonchev–Trinajstić information content (AvgIpc) is 3.16. The summed E-state index contributed by atoms with van der Waals surface area (Å²) in [5.74, 6) is -0.540. The van der Waals surface area contributed by atoms with Crippen LogP contribution in [0.2, 0.25) is 0 Å². The number of thioether (sulfide) groups is 1. The van der Waals surface area contributed by atoms with Crippen LogP contribution in [-0.2, 0) is 19.1 Å². The van der Waals surface area contributed by atoms with Gasteiger partial charge in [-0.15, -0.1) is 11.8 Å². The third kappa shape index (κ3) is 4.00. The number of nitrogens with zero attached hydrogens (tertiary/aromatic N) is 1. The monoisotopic (exact) mass is 390 g/mol. The second-order valence-electron chi connectivity index (χ2n) is 6.78. The molecule has 2 fully saturated rings. The number of hydrogen-bond acceptors (Lipinski definition) is 6. The predicted molar refractivity (Wildman–Crippen MR) is 101 cm³/mol. The third-order valence-electron chi connectivity index (χ3n) is 4.87. The fraction of sp³-hybridized carbons (Fsp3) is 0.474. The van der Waals surface area contributed by atoms with E-state index in [2.05, 4.69) is 5.32 Å². The van der Waals surface area contributed by atoms with Crippen molar-refractivity contribution < 1.29 is 23.9 Å². The summed E-state index contributed by atoms with van der Waals surface area (Å²) in [6, 6.07) is 5.78. The lowest BCUT2D eigenvalue weighted by molar-refractivity contribution is -0.152. The van der Waals surface area contributed by atoms with E-state index in [0.717, 1.165) is 6.42 Å². The van der Waals surface area contributed by atoms with Crippen LogP contribution in [0.5, 0.6) is 0 Å². The molecule has 7 nitrogen and oxygen atoms in total. The van der Waals surface area contributed by atoms with E-state index in [9.17, 15) is 19.2 Å². The van der Waals surface area contributed by atoms with E-state index in [1.165, 1.54) is 0 Å². The fourth-order valence-corrected chi connectivity index (χ4v) is 4.72. The number of amides is 2. The SMILES string of the molecule is CCC(=O)Nc1ccc(C(=O)COC(=O)[C@H]2CS[C@@]3(C)CCC(=O)N23)cc1. The van der Waals surface area contributed by atoms with Crippen molar-refractivity contribution in [1.82, 2.24) is 4.90 Å². The fourth-order valence-electron chi connectivity index (χ4n) is 3.30. The summed E-state index contributed by atoms with van der Waals surface area (Å²) in [6.45, 7) is 3.34. The molecule has 8 heteroatoms. The standard InChI is InChI=1S/C19H22N2O5S/c1-3-16(23)20-13-6-4-12(5-7-13)15(22)10-26-18(25)14-11-27-19(2)9-8-17(24)21(14)19/h4-7,14H,3,8-11H2,1-2H3,(H,20,23)/t14-,19+/m1/s1. The lowest BCUT2D eigenvalue weighted by Gasteiger charge is -2.29. The number of nitrogens with one attached hydrogen (secondary N) is 1. The van der Waals surface area contributed by atoms with Crippen LogP contribution in [0.15, 0.2) is 24.3 Å². The molecule has 1 aromatic rings. The van der Waals surface area contributed by atoms with Crippen molar-refractivity contribution in [2.24, 2.45) is 0 Å². The minimum atomic E-state index is -0.630. The highest BCUT2D eigenvalue weighted by atomic mass is 32.2. The van der Waals surface area contributed by atoms with Crippen LogP contribution in [0.4, 0.5) is 5.69 Å². The van der Waals surface area contributed by atoms with Crippen LogP contribution in [0, 0.1) is 0 Å². The molecule has 0 aromatic heterocycles. The average molecular weight is 390 g/mol. The Morgan fingerprint density at radius 2 is 2.00 bits per heavy atom. The summed E-state index contributed by atoms with van der Waals surface area (Å²) in [7, 11) is 0. The van der Waals surface area contributed by atoms with Crippen molar-refractivity contribution in [3.05, 3.63) is 29.8 Å². The molecule has 0 unspecified atom stereocenters. The molecule has 144 valence electrons. The Morgan fingerprint density at radius 3 is 2.67 bits per heavy atom. The Hall–Kier alpha value is -2.35. The number of benzene rings is 1. The van der Waals surface area contributed by atoms with Crippen LogP contribution in [0.1, 0.15) is 43.5 Å². The van der Waals surface area contributed by atoms with Gasteiger partial charge in [-0.25, -0.2) is 4.79 Å². The molecule has 3 rings (SSSR count). The number of anilines is 1. The Balaban J connectivity index is 1.55. The number of carbonyl (C=O) groups excluding carboxylic acids is 4. The molecule has 0 radical (unpaired) electrons. The summed E-state index contributed by atoms with van der Waals surface area (Å²) in [5.41, 5.74) is 0.991. The van der Waals surface area contributed by atoms with Gasteiger partial charge in [0.25, 0.3) is 0 Å². The summed E-state index contributed by atoms with van der Waals surface area (Å²) < 4.78 is 5.19. The van der Waals surface area contributed by atoms with E-state index < -0.39 is 12.0 Å². The zero-order valence-corrected chi connectivity index (χ0v) is 16.1. The molecule has 1 aromatic carbocycles. The lowest BCUT2D eigenvalue weighted by atomic mass is 10.1. The Morgan fingerprint density at radius 1 is 1.30 bits per heavy atom. The zero-order valence-electron chi connectivity index (χ0n) is 15.3. The number of fused-ring (bicyclic) bond motifs is 1. The molecule has 2 aliphatic heterocycles. The van der Waals surface area contributed by atoms with Gasteiger partial charge in [0.05, 0.1) is 4.87 Å². The highest BCUT2D eigenvalue weighted by Crippen LogP contribution is 2.47. The van der Waals surface area contributed by atoms with Crippen molar-refractivity contribution in [3.8, 4) is 0 Å². The van der Waals surface area contributed by atoms with E-state index in [4.69, 9.17) is 4.74 Å². The minimum Gasteiger partial charge on any atom is -0.456 e. The van der Waals surface area contributed by atoms with Crippen LogP contribution < -0.4 is 5.32 Å². The Bertz CT molecular complexity index is 779. The zero-order chi connectivity index (χ0) is 19.6. The molecule has 2 amide bonds. The largest absolute Gasteiger partial charge is 0.456 e. The maximum atomic E-state index is 12.4. The molecule has 2 heterocycles. The molecule has 0 aliphatic carbocycles. The van der Waals surface area contributed by atoms with Crippen LogP contribution in [0.3, 0.4) is 0 Å². The summed E-state index contributed by atoms with van der Waals surface area (Å²) >= 11 is 1.58. The van der Waals surface area contributed by atoms with Crippen LogP contribution in [-0.4, -0.2) is 51.7 Å². The Labute approximate surface area is 161 Å². The summed E-state index contributed by atoms with van der Waals surface area (Å²) in [5, 5.41) is 2.70. The molecule has 2 atom stereocenters. The van der Waals surface area contributed by atoms with Gasteiger partial charge in [0, 0.05) is 29.8 Å². The molecule has 0 saturated carbocycles. The van der Waals surface area contributed by atoms with Gasteiger partial charge in [-0.1, -0.05) is 6.92 Å². The molecular weight excluding hydrogens is 368 g/mol. The normalized spacial score (nSPS) is 23.9. The number of esters is 1. The van der Waals surface area contributed by atoms with Crippen molar-refractivity contribution in [2.75, 3.05) is 17.7 Å². The van der Waals surface area contributed by atoms with Crippen molar-refractivity contribution in [3.63, 3.8) is 0 Å². The van der Waals surface area contributed by atoms with Crippen LogP contribution >= 0.6 is 11.8 Å². The second-order valence-corrected chi connectivity index (χ2v) is 8.28. The highest BCUT2D eigenvalue weighted by Gasteiger charge is 2.53. The van der Waals surface area contributed by atoms with E-state index in [0.29, 0.717) is 29.8 Å². The number of ether oxygens (including phenoxy) is 1. The van der Waals surface area contributed by atoms with Gasteiger partial charge in [-0.2, -0.15) is 0 Å². The van der Waals surface area contributed by atoms with Crippen LogP contribution in [0.25, 0.3) is 0 Å². The Kier molecular flexibility index (Phi) is 5.55. The van der Waals surface area contributed by atoms with Gasteiger partial charge in [-0.3, -0.25) is 14.4 Å². The predicted octanol–water partition coefficient (Wildman–Crippen LogP) is 2.21. The molecular formula is C19H22N2O5S. The van der Waals surface area contributed by atoms with Crippen molar-refractivity contribution >= 4 is 41.0 Å². The minimum absolute atomic E-state index is 0.0412. The number of carbonyl (C=O) groups is 4. The topological polar surface area (TPSA) is 92.8 Å². The molecule has 1 N–H and O–H groups in total. The van der Waals surface area contributed by atoms with E-state index >= 15 is 0 Å². The number of Topliss-reactive ketones (excluding diaryl/α,β-unsaturated/α-hetero) is 1. The van der Waals surface area contributed by atoms with Crippen molar-refractivity contribution in [1.29, 1.82) is 0 Å². The maximum Gasteiger partial charge on any atom is 0.330 e. The highest BCUT2D eigenvalue weighted by molar-refractivity contribution is 8.01. The van der Waals surface area contributed by atoms with Crippen molar-refractivity contribution in [2.45, 2.75) is 44.0 Å². The first-order chi connectivity index (χ1) is 12.8. The van der Waals surface area contributed by atoms with E-state index in [1.54, 1.807) is 47.9 Å². The van der Waals surface area contributed by atoms with Gasteiger partial charge >= 0.3 is 5.97 Å². The van der Waals surface area contributed by atoms with Gasteiger partial charge in [0.1, 0.15) is 6.04 Å². The number of ketones is 1. The summed E-state index contributed by atoms with van der Waals surface area (Å²) in [4.78, 5) is 49.3. The van der Waals surface area contributed by atoms with Gasteiger partial charge in [0.2, 0.25) is 11.8 Å². The third-order valence-corrected chi connectivity index (χ3v) is 6.38. The van der Waals surface area contributed by atoms with Gasteiger partial charge in [0.15, 0.2) is 12.4 Å². The molecule has 2 saturated heterocycles. The molecule has 0 bridgehead atoms. The maximum absolute atomic E-state index is 12.4. The number of hydrogen-bond donors (Lipinski definition) is 1. The molecule has 2 aliphatic rings.